The molecule has 0 unspecified atom stereocenters. The molecule has 1 saturated carbocycles. The molecule has 9 heteroatoms. The molecule has 0 radical (unpaired) electrons. The summed E-state index contributed by atoms with van der Waals surface area (Å²) in [5.41, 5.74) is 0.691. The van der Waals surface area contributed by atoms with E-state index in [1.54, 1.807) is 30.0 Å². The van der Waals surface area contributed by atoms with Crippen LogP contribution in [0.2, 0.25) is 0 Å². The van der Waals surface area contributed by atoms with Gasteiger partial charge in [-0.1, -0.05) is 35.2 Å². The van der Waals surface area contributed by atoms with Crippen molar-refractivity contribution in [3.05, 3.63) is 51.4 Å². The monoisotopic (exact) mass is 461 g/mol. The van der Waals surface area contributed by atoms with Crippen molar-refractivity contribution in [2.75, 3.05) is 5.32 Å². The summed E-state index contributed by atoms with van der Waals surface area (Å²) in [7, 11) is 0. The molecule has 1 aromatic carbocycles. The third-order valence-electron chi connectivity index (χ3n) is 4.68. The van der Waals surface area contributed by atoms with Gasteiger partial charge in [-0.15, -0.1) is 16.9 Å². The first-order valence-corrected chi connectivity index (χ1v) is 10.9. The van der Waals surface area contributed by atoms with Gasteiger partial charge in [-0.2, -0.15) is 9.61 Å². The lowest BCUT2D eigenvalue weighted by molar-refractivity contribution is -0.117. The third-order valence-corrected chi connectivity index (χ3v) is 6.47. The standard InChI is InChI=1S/C19H20BrN5O2S/c20-13-6-8-14(9-7-13)21-17(26)12-24-19(27)25-16(22-24)10-11-18(23-25)28-15-4-2-1-3-5-15/h6-11,15H,1-5,12H2,(H,21,26). The van der Waals surface area contributed by atoms with Crippen LogP contribution in [-0.2, 0) is 11.3 Å². The first-order valence-electron chi connectivity index (χ1n) is 9.27. The molecule has 3 aromatic rings. The molecule has 0 aliphatic heterocycles. The summed E-state index contributed by atoms with van der Waals surface area (Å²) in [6.07, 6.45) is 6.19. The fourth-order valence-corrected chi connectivity index (χ4v) is 4.73. The Morgan fingerprint density at radius 3 is 2.61 bits per heavy atom. The summed E-state index contributed by atoms with van der Waals surface area (Å²) in [5, 5.41) is 12.8. The number of amides is 1. The van der Waals surface area contributed by atoms with Crippen molar-refractivity contribution in [2.45, 2.75) is 48.9 Å². The maximum atomic E-state index is 12.6. The average Bonchev–Trinajstić information content (AvgIpc) is 3.00. The number of fused-ring (bicyclic) bond motifs is 1. The molecule has 1 aliphatic carbocycles. The third kappa shape index (κ3) is 4.47. The second kappa shape index (κ2) is 8.48. The molecule has 1 fully saturated rings. The molecule has 2 aromatic heterocycles. The average molecular weight is 462 g/mol. The van der Waals surface area contributed by atoms with Crippen molar-refractivity contribution in [3.63, 3.8) is 0 Å². The highest BCUT2D eigenvalue weighted by Crippen LogP contribution is 2.32. The molecule has 0 atom stereocenters. The number of hydrogen-bond donors (Lipinski definition) is 1. The molecule has 0 saturated heterocycles. The van der Waals surface area contributed by atoms with Crippen LogP contribution in [0.4, 0.5) is 5.69 Å². The van der Waals surface area contributed by atoms with Crippen LogP contribution in [0, 0.1) is 0 Å². The number of benzene rings is 1. The zero-order chi connectivity index (χ0) is 19.5. The number of thioether (sulfide) groups is 1. The maximum Gasteiger partial charge on any atom is 0.367 e. The van der Waals surface area contributed by atoms with Gasteiger partial charge >= 0.3 is 5.69 Å². The molecule has 0 bridgehead atoms. The Bertz CT molecular complexity index is 1040. The summed E-state index contributed by atoms with van der Waals surface area (Å²) in [4.78, 5) is 24.9. The second-order valence-corrected chi connectivity index (χ2v) is 9.05. The van der Waals surface area contributed by atoms with E-state index in [2.05, 4.69) is 31.4 Å². The van der Waals surface area contributed by atoms with Crippen molar-refractivity contribution >= 4 is 44.9 Å². The zero-order valence-corrected chi connectivity index (χ0v) is 17.6. The van der Waals surface area contributed by atoms with Crippen molar-refractivity contribution in [3.8, 4) is 0 Å². The summed E-state index contributed by atoms with van der Waals surface area (Å²) in [6.45, 7) is -0.163. The number of rotatable bonds is 5. The molecule has 0 spiro atoms. The Morgan fingerprint density at radius 2 is 1.86 bits per heavy atom. The summed E-state index contributed by atoms with van der Waals surface area (Å²) in [5.74, 6) is -0.315. The van der Waals surface area contributed by atoms with Gasteiger partial charge in [0.1, 0.15) is 11.6 Å². The fourth-order valence-electron chi connectivity index (χ4n) is 3.28. The molecule has 4 rings (SSSR count). The Kier molecular flexibility index (Phi) is 5.82. The highest BCUT2D eigenvalue weighted by atomic mass is 79.9. The van der Waals surface area contributed by atoms with Crippen LogP contribution in [0.3, 0.4) is 0 Å². The Morgan fingerprint density at radius 1 is 1.11 bits per heavy atom. The number of aromatic nitrogens is 4. The Balaban J connectivity index is 1.48. The van der Waals surface area contributed by atoms with Crippen LogP contribution in [-0.4, -0.2) is 30.6 Å². The number of nitrogens with one attached hydrogen (secondary N) is 1. The quantitative estimate of drug-likeness (QED) is 0.625. The number of nitrogens with zero attached hydrogens (tertiary/aromatic N) is 4. The van der Waals surface area contributed by atoms with E-state index in [0.717, 1.165) is 14.2 Å². The normalized spacial score (nSPS) is 15.0. The number of carbonyl (C=O) groups excluding carboxylic acids is 1. The van der Waals surface area contributed by atoms with Crippen LogP contribution in [0.5, 0.6) is 0 Å². The Hall–Kier alpha value is -2.13. The lowest BCUT2D eigenvalue weighted by Gasteiger charge is -2.20. The number of carbonyl (C=O) groups is 1. The minimum atomic E-state index is -0.410. The molecular weight excluding hydrogens is 442 g/mol. The van der Waals surface area contributed by atoms with Crippen molar-refractivity contribution in [1.29, 1.82) is 0 Å². The minimum absolute atomic E-state index is 0.163. The Labute approximate surface area is 174 Å². The molecule has 2 heterocycles. The number of anilines is 1. The van der Waals surface area contributed by atoms with Gasteiger partial charge in [0.25, 0.3) is 0 Å². The molecule has 7 nitrogen and oxygen atoms in total. The second-order valence-electron chi connectivity index (χ2n) is 6.81. The van der Waals surface area contributed by atoms with Gasteiger partial charge in [-0.3, -0.25) is 4.79 Å². The fraction of sp³-hybridized carbons (Fsp3) is 0.368. The molecule has 146 valence electrons. The van der Waals surface area contributed by atoms with E-state index >= 15 is 0 Å². The molecule has 1 amide bonds. The lowest BCUT2D eigenvalue weighted by Crippen LogP contribution is -2.28. The van der Waals surface area contributed by atoms with E-state index < -0.39 is 5.69 Å². The number of hydrogen-bond acceptors (Lipinski definition) is 5. The van der Waals surface area contributed by atoms with E-state index in [1.807, 2.05) is 18.2 Å². The van der Waals surface area contributed by atoms with Crippen LogP contribution in [0.25, 0.3) is 5.65 Å². The van der Waals surface area contributed by atoms with Crippen LogP contribution in [0.1, 0.15) is 32.1 Å². The van der Waals surface area contributed by atoms with Gasteiger partial charge in [0.15, 0.2) is 5.65 Å². The highest BCUT2D eigenvalue weighted by molar-refractivity contribution is 9.10. The van der Waals surface area contributed by atoms with Crippen LogP contribution in [0.15, 0.2) is 50.7 Å². The van der Waals surface area contributed by atoms with Gasteiger partial charge in [0.2, 0.25) is 5.91 Å². The maximum absolute atomic E-state index is 12.6. The van der Waals surface area contributed by atoms with E-state index in [0.29, 0.717) is 16.6 Å². The molecule has 1 aliphatic rings. The van der Waals surface area contributed by atoms with Gasteiger partial charge in [0.05, 0.1) is 0 Å². The zero-order valence-electron chi connectivity index (χ0n) is 15.2. The van der Waals surface area contributed by atoms with E-state index in [9.17, 15) is 9.59 Å². The lowest BCUT2D eigenvalue weighted by atomic mass is 10.0. The van der Waals surface area contributed by atoms with Gasteiger partial charge in [-0.25, -0.2) is 9.48 Å². The van der Waals surface area contributed by atoms with Gasteiger partial charge in [0, 0.05) is 15.4 Å². The topological polar surface area (TPSA) is 81.3 Å². The summed E-state index contributed by atoms with van der Waals surface area (Å²) in [6, 6.07) is 10.9. The highest BCUT2D eigenvalue weighted by Gasteiger charge is 2.17. The van der Waals surface area contributed by atoms with Gasteiger partial charge < -0.3 is 5.32 Å². The van der Waals surface area contributed by atoms with Gasteiger partial charge in [-0.05, 0) is 49.2 Å². The first kappa shape index (κ1) is 19.2. The van der Waals surface area contributed by atoms with Crippen LogP contribution < -0.4 is 11.0 Å². The van der Waals surface area contributed by atoms with E-state index in [4.69, 9.17) is 0 Å². The van der Waals surface area contributed by atoms with Crippen molar-refractivity contribution in [1.82, 2.24) is 19.4 Å². The molecular formula is C19H20BrN5O2S. The van der Waals surface area contributed by atoms with E-state index in [-0.39, 0.29) is 12.5 Å². The first-order chi connectivity index (χ1) is 13.6. The number of halogens is 1. The van der Waals surface area contributed by atoms with Crippen LogP contribution >= 0.6 is 27.7 Å². The van der Waals surface area contributed by atoms with E-state index in [1.165, 1.54) is 36.6 Å². The largest absolute Gasteiger partial charge is 0.367 e. The van der Waals surface area contributed by atoms with Crippen molar-refractivity contribution in [2.24, 2.45) is 0 Å². The van der Waals surface area contributed by atoms with Crippen molar-refractivity contribution < 1.29 is 4.79 Å². The molecule has 1 N–H and O–H groups in total. The predicted molar refractivity (Wildman–Crippen MR) is 113 cm³/mol. The molecule has 28 heavy (non-hydrogen) atoms. The SMILES string of the molecule is O=C(Cn1nc2ccc(SC3CCCCC3)nn2c1=O)Nc1ccc(Br)cc1. The predicted octanol–water partition coefficient (Wildman–Crippen LogP) is 3.72. The summed E-state index contributed by atoms with van der Waals surface area (Å²) < 4.78 is 3.35. The smallest absolute Gasteiger partial charge is 0.324 e. The minimum Gasteiger partial charge on any atom is -0.324 e. The summed E-state index contributed by atoms with van der Waals surface area (Å²) >= 11 is 5.08.